The summed E-state index contributed by atoms with van der Waals surface area (Å²) in [4.78, 5) is 62.4. The molecule has 73 heavy (non-hydrogen) atoms. The third-order valence-electron chi connectivity index (χ3n) is 12.3. The number of ether oxygens (including phenoxy) is 3. The highest BCUT2D eigenvalue weighted by molar-refractivity contribution is 5.82. The van der Waals surface area contributed by atoms with Gasteiger partial charge in [-0.2, -0.15) is 15.0 Å². The first-order valence-electron chi connectivity index (χ1n) is 24.8. The third-order valence-corrected chi connectivity index (χ3v) is 12.3. The molecule has 25 heteroatoms. The van der Waals surface area contributed by atoms with E-state index in [-0.39, 0.29) is 61.5 Å². The second kappa shape index (κ2) is 28.9. The third kappa shape index (κ3) is 17.5. The van der Waals surface area contributed by atoms with Crippen LogP contribution in [-0.2, 0) is 35.0 Å². The number of phenolic OH excluding ortho intramolecular Hbond substituents is 1. The van der Waals surface area contributed by atoms with Gasteiger partial charge in [-0.15, -0.1) is 16.6 Å². The number of hydrogen-bond acceptors (Lipinski definition) is 19. The molecule has 400 valence electrons. The molecular weight excluding hydrogens is 964 g/mol. The number of nitrogens with zero attached hydrogens (tertiary/aromatic N) is 13. The van der Waals surface area contributed by atoms with Crippen LogP contribution < -0.4 is 39.0 Å². The van der Waals surface area contributed by atoms with E-state index in [0.717, 1.165) is 12.0 Å². The zero-order valence-corrected chi connectivity index (χ0v) is 43.1. The number of carboxylic acid groups (broad SMARTS) is 1. The Morgan fingerprint density at radius 2 is 1.19 bits per heavy atom. The van der Waals surface area contributed by atoms with Gasteiger partial charge in [0.25, 0.3) is 0 Å². The molecular formula is C48H72ClN16O8-. The van der Waals surface area contributed by atoms with Crippen LogP contribution in [-0.4, -0.2) is 181 Å². The predicted octanol–water partition coefficient (Wildman–Crippen LogP) is -1.16. The van der Waals surface area contributed by atoms with Crippen LogP contribution in [0.1, 0.15) is 94.5 Å². The van der Waals surface area contributed by atoms with Crippen LogP contribution in [0.3, 0.4) is 0 Å². The van der Waals surface area contributed by atoms with Crippen molar-refractivity contribution in [3.05, 3.63) is 53.6 Å². The average molecular weight is 1040 g/mol. The minimum atomic E-state index is -1.02. The standard InChI is InChI=1S/C48H72N16O8.ClH/c1-6-22-70-24-26-72-27-25-71-23-13-51-46-52-47(61-18-14-59(15-19-61)44(68)41(11-12-43(66)67)63-31-39(55-57-63)37(49)28-33(2)3)54-48(53-46)62-20-16-60(17-21-62)45(69)42(30-35-7-9-36(65)10-8-35)64-32-40(56-58-64)38(50)29-34(4)5;/h1,7-10,31-34,37-38,41-42,65H,11-30,49-50H2,2-5H3,(H,66,67)(H,51,52,53,54);1H/p-1/t37?,38?,41-,42-;/m0./s1. The number of aromatic hydroxyl groups is 1. The summed E-state index contributed by atoms with van der Waals surface area (Å²) in [5, 5.41) is 40.0. The number of rotatable bonds is 28. The van der Waals surface area contributed by atoms with Crippen LogP contribution in [0.4, 0.5) is 17.8 Å². The molecule has 2 fully saturated rings. The Balaban J connectivity index is 0.00000988. The molecule has 6 rings (SSSR count). The molecule has 0 bridgehead atoms. The van der Waals surface area contributed by atoms with E-state index in [9.17, 15) is 24.6 Å². The summed E-state index contributed by atoms with van der Waals surface area (Å²) in [5.41, 5.74) is 14.8. The molecule has 7 N–H and O–H groups in total. The van der Waals surface area contributed by atoms with Crippen LogP contribution in [0, 0.1) is 24.2 Å². The number of halogens is 1. The maximum absolute atomic E-state index is 14.5. The molecule has 2 aliphatic heterocycles. The van der Waals surface area contributed by atoms with Gasteiger partial charge in [0.2, 0.25) is 29.7 Å². The Morgan fingerprint density at radius 1 is 0.712 bits per heavy atom. The molecule has 0 radical (unpaired) electrons. The van der Waals surface area contributed by atoms with Gasteiger partial charge in [0.05, 0.1) is 68.9 Å². The molecule has 0 aliphatic carbocycles. The zero-order chi connectivity index (χ0) is 51.6. The number of carbonyl (C=O) groups excluding carboxylic acids is 2. The Labute approximate surface area is 432 Å². The number of aromatic nitrogens is 9. The molecule has 4 atom stereocenters. The molecule has 2 unspecified atom stereocenters. The smallest absolute Gasteiger partial charge is 0.303 e. The van der Waals surface area contributed by atoms with Crippen LogP contribution in [0.2, 0.25) is 0 Å². The fourth-order valence-electron chi connectivity index (χ4n) is 8.46. The summed E-state index contributed by atoms with van der Waals surface area (Å²) >= 11 is 0. The second-order valence-electron chi connectivity index (χ2n) is 18.8. The summed E-state index contributed by atoms with van der Waals surface area (Å²) in [6.45, 7) is 13.8. The van der Waals surface area contributed by atoms with E-state index in [2.05, 4.69) is 59.6 Å². The van der Waals surface area contributed by atoms with Crippen LogP contribution in [0.5, 0.6) is 5.75 Å². The van der Waals surface area contributed by atoms with Crippen molar-refractivity contribution in [1.82, 2.24) is 54.7 Å². The Hall–Kier alpha value is -6.23. The topological polar surface area (TPSA) is 296 Å². The van der Waals surface area contributed by atoms with E-state index in [4.69, 9.17) is 47.1 Å². The van der Waals surface area contributed by atoms with Crippen molar-refractivity contribution < 1.29 is 51.2 Å². The van der Waals surface area contributed by atoms with Gasteiger partial charge in [-0.1, -0.05) is 56.2 Å². The first-order valence-corrected chi connectivity index (χ1v) is 24.8. The number of anilines is 3. The summed E-state index contributed by atoms with van der Waals surface area (Å²) in [7, 11) is 0. The summed E-state index contributed by atoms with van der Waals surface area (Å²) in [6.07, 6.45) is 10.1. The summed E-state index contributed by atoms with van der Waals surface area (Å²) in [6, 6.07) is 4.48. The van der Waals surface area contributed by atoms with Crippen molar-refractivity contribution in [2.75, 3.05) is 114 Å². The number of aliphatic carboxylic acids is 1. The monoisotopic (exact) mass is 1040 g/mol. The molecule has 0 spiro atoms. The van der Waals surface area contributed by atoms with E-state index in [1.165, 1.54) is 4.68 Å². The van der Waals surface area contributed by atoms with Crippen molar-refractivity contribution in [3.63, 3.8) is 0 Å². The quantitative estimate of drug-likeness (QED) is 0.0331. The molecule has 24 nitrogen and oxygen atoms in total. The van der Waals surface area contributed by atoms with Crippen molar-refractivity contribution in [1.29, 1.82) is 0 Å². The second-order valence-corrected chi connectivity index (χ2v) is 18.8. The minimum Gasteiger partial charge on any atom is -1.00 e. The predicted molar refractivity (Wildman–Crippen MR) is 267 cm³/mol. The number of phenols is 1. The maximum atomic E-state index is 14.5. The van der Waals surface area contributed by atoms with E-state index < -0.39 is 18.1 Å². The number of carbonyl (C=O) groups is 3. The largest absolute Gasteiger partial charge is 1.00 e. The Morgan fingerprint density at radius 3 is 1.68 bits per heavy atom. The molecule has 3 aromatic heterocycles. The lowest BCUT2D eigenvalue weighted by atomic mass is 10.0. The number of piperazine rings is 2. The van der Waals surface area contributed by atoms with Gasteiger partial charge in [0.1, 0.15) is 24.4 Å². The van der Waals surface area contributed by atoms with Gasteiger partial charge >= 0.3 is 5.97 Å². The van der Waals surface area contributed by atoms with Crippen LogP contribution in [0.25, 0.3) is 0 Å². The molecule has 1 aromatic carbocycles. The highest BCUT2D eigenvalue weighted by atomic mass is 35.5. The molecule has 5 heterocycles. The summed E-state index contributed by atoms with van der Waals surface area (Å²) < 4.78 is 19.6. The first kappa shape index (κ1) is 57.7. The number of hydrogen-bond donors (Lipinski definition) is 5. The van der Waals surface area contributed by atoms with E-state index in [1.807, 2.05) is 14.7 Å². The number of nitrogens with one attached hydrogen (secondary N) is 1. The Kier molecular flexibility index (Phi) is 22.8. The molecule has 2 amide bonds. The summed E-state index contributed by atoms with van der Waals surface area (Å²) in [5.74, 6) is 2.96. The van der Waals surface area contributed by atoms with Crippen molar-refractivity contribution in [2.24, 2.45) is 23.3 Å². The van der Waals surface area contributed by atoms with E-state index in [1.54, 1.807) is 46.2 Å². The number of carboxylic acids is 1. The van der Waals surface area contributed by atoms with Crippen molar-refractivity contribution >= 4 is 35.6 Å². The van der Waals surface area contributed by atoms with Gasteiger partial charge < -0.3 is 73.2 Å². The fourth-order valence-corrected chi connectivity index (χ4v) is 8.46. The Bertz CT molecular complexity index is 2370. The number of benzene rings is 1. The minimum absolute atomic E-state index is 0. The van der Waals surface area contributed by atoms with Gasteiger partial charge in [-0.3, -0.25) is 14.4 Å². The normalized spacial score (nSPS) is 15.7. The molecule has 0 saturated carbocycles. The lowest BCUT2D eigenvalue weighted by Crippen LogP contribution is -3.00. The van der Waals surface area contributed by atoms with Crippen LogP contribution >= 0.6 is 0 Å². The van der Waals surface area contributed by atoms with E-state index >= 15 is 0 Å². The SMILES string of the molecule is C#CCOCCOCCOCCNc1nc(N2CCN(C(=O)[C@H](CCC(=O)O)n3cc(C(N)CC(C)C)nn3)CC2)nc(N2CCN(C(=O)[C@H](Cc3ccc(O)cc3)n3cc(C(N)CC(C)C)nn3)CC2)n1.[Cl-]. The lowest BCUT2D eigenvalue weighted by Gasteiger charge is -2.38. The first-order chi connectivity index (χ1) is 34.7. The van der Waals surface area contributed by atoms with Crippen molar-refractivity contribution in [3.8, 4) is 18.1 Å². The zero-order valence-electron chi connectivity index (χ0n) is 42.3. The van der Waals surface area contributed by atoms with Gasteiger partial charge in [0, 0.05) is 71.7 Å². The van der Waals surface area contributed by atoms with Gasteiger partial charge in [0.15, 0.2) is 0 Å². The molecule has 2 saturated heterocycles. The van der Waals surface area contributed by atoms with E-state index in [0.29, 0.717) is 146 Å². The van der Waals surface area contributed by atoms with Crippen LogP contribution in [0.15, 0.2) is 36.7 Å². The van der Waals surface area contributed by atoms with Gasteiger partial charge in [-0.05, 0) is 48.8 Å². The maximum Gasteiger partial charge on any atom is 0.303 e. The van der Waals surface area contributed by atoms with Crippen molar-refractivity contribution in [2.45, 2.75) is 84.0 Å². The average Bonchev–Trinajstić information content (AvgIpc) is 4.07. The fraction of sp³-hybridized carbons (Fsp3) is 0.625. The van der Waals surface area contributed by atoms with Gasteiger partial charge in [-0.25, -0.2) is 9.36 Å². The lowest BCUT2D eigenvalue weighted by molar-refractivity contribution is -0.139. The number of nitrogens with two attached hydrogens (primary N) is 2. The molecule has 2 aliphatic rings. The number of amides is 2. The highest BCUT2D eigenvalue weighted by Crippen LogP contribution is 2.26. The molecule has 4 aromatic rings. The highest BCUT2D eigenvalue weighted by Gasteiger charge is 2.34. The number of terminal acetylenes is 1.